The Morgan fingerprint density at radius 3 is 1.92 bits per heavy atom. The van der Waals surface area contributed by atoms with Crippen LogP contribution in [0.3, 0.4) is 0 Å². The van der Waals surface area contributed by atoms with Crippen LogP contribution in [-0.2, 0) is 4.79 Å². The number of hydrogen-bond acceptors (Lipinski definition) is 1. The van der Waals surface area contributed by atoms with Crippen LogP contribution >= 0.6 is 0 Å². The molecule has 0 amide bonds. The van der Waals surface area contributed by atoms with Gasteiger partial charge in [0.15, 0.2) is 0 Å². The van der Waals surface area contributed by atoms with Crippen LogP contribution in [0.2, 0.25) is 0 Å². The smallest absolute Gasteiger partial charge is 0.309 e. The zero-order valence-electron chi connectivity index (χ0n) is 9.48. The summed E-state index contributed by atoms with van der Waals surface area (Å²) in [6.45, 7) is 10.0. The normalized spacial score (nSPS) is 16.7. The molecular weight excluding hydrogens is 164 g/mol. The van der Waals surface area contributed by atoms with E-state index in [0.29, 0.717) is 0 Å². The summed E-state index contributed by atoms with van der Waals surface area (Å²) in [5.41, 5.74) is -0.717. The highest BCUT2D eigenvalue weighted by Crippen LogP contribution is 2.45. The zero-order valence-corrected chi connectivity index (χ0v) is 9.48. The summed E-state index contributed by atoms with van der Waals surface area (Å²) in [7, 11) is 0. The van der Waals surface area contributed by atoms with E-state index in [1.807, 2.05) is 27.7 Å². The molecule has 1 atom stereocenters. The third-order valence-corrected chi connectivity index (χ3v) is 3.60. The Kier molecular flexibility index (Phi) is 3.95. The number of carbonyl (C=O) groups is 1. The molecule has 1 unspecified atom stereocenters. The van der Waals surface area contributed by atoms with E-state index in [-0.39, 0.29) is 5.41 Å². The summed E-state index contributed by atoms with van der Waals surface area (Å²) in [6.07, 6.45) is 2.57. The molecule has 2 heteroatoms. The fourth-order valence-electron chi connectivity index (χ4n) is 1.62. The average molecular weight is 186 g/mol. The standard InChI is InChI=1S/C11H22O2/c1-6-8-11(5,9(12)13)10(3,4)7-2/h6-8H2,1-5H3,(H,12,13). The third-order valence-electron chi connectivity index (χ3n) is 3.60. The molecule has 0 heterocycles. The van der Waals surface area contributed by atoms with Crippen LogP contribution in [0.5, 0.6) is 0 Å². The van der Waals surface area contributed by atoms with Gasteiger partial charge in [-0.05, 0) is 25.2 Å². The highest BCUT2D eigenvalue weighted by Gasteiger charge is 2.45. The molecule has 13 heavy (non-hydrogen) atoms. The minimum atomic E-state index is -0.666. The van der Waals surface area contributed by atoms with Gasteiger partial charge < -0.3 is 5.11 Å². The first-order valence-electron chi connectivity index (χ1n) is 5.05. The molecule has 0 aliphatic heterocycles. The van der Waals surface area contributed by atoms with Crippen molar-refractivity contribution < 1.29 is 9.90 Å². The van der Waals surface area contributed by atoms with E-state index in [1.54, 1.807) is 0 Å². The predicted molar refractivity (Wildman–Crippen MR) is 54.7 cm³/mol. The maximum Gasteiger partial charge on any atom is 0.309 e. The molecule has 0 aromatic rings. The van der Waals surface area contributed by atoms with Gasteiger partial charge >= 0.3 is 5.97 Å². The average Bonchev–Trinajstić information content (AvgIpc) is 2.04. The molecule has 1 N–H and O–H groups in total. The predicted octanol–water partition coefficient (Wildman–Crippen LogP) is 3.31. The van der Waals surface area contributed by atoms with Crippen molar-refractivity contribution in [3.05, 3.63) is 0 Å². The quantitative estimate of drug-likeness (QED) is 0.715. The van der Waals surface area contributed by atoms with Crippen LogP contribution in [-0.4, -0.2) is 11.1 Å². The van der Waals surface area contributed by atoms with E-state index in [1.165, 1.54) is 0 Å². The Morgan fingerprint density at radius 1 is 1.23 bits per heavy atom. The molecule has 0 saturated heterocycles. The topological polar surface area (TPSA) is 37.3 Å². The second-order valence-electron chi connectivity index (χ2n) is 4.62. The van der Waals surface area contributed by atoms with Gasteiger partial charge in [-0.25, -0.2) is 0 Å². The van der Waals surface area contributed by atoms with Crippen molar-refractivity contribution in [1.29, 1.82) is 0 Å². The Labute approximate surface area is 81.3 Å². The zero-order chi connectivity index (χ0) is 10.7. The van der Waals surface area contributed by atoms with Crippen molar-refractivity contribution in [2.24, 2.45) is 10.8 Å². The Hall–Kier alpha value is -0.530. The summed E-state index contributed by atoms with van der Waals surface area (Å²) >= 11 is 0. The van der Waals surface area contributed by atoms with Crippen LogP contribution in [0, 0.1) is 10.8 Å². The van der Waals surface area contributed by atoms with E-state index in [4.69, 9.17) is 0 Å². The van der Waals surface area contributed by atoms with Crippen LogP contribution in [0.1, 0.15) is 53.9 Å². The largest absolute Gasteiger partial charge is 0.481 e. The van der Waals surface area contributed by atoms with E-state index in [0.717, 1.165) is 19.3 Å². The van der Waals surface area contributed by atoms with E-state index in [9.17, 15) is 9.90 Å². The molecule has 0 aliphatic rings. The fraction of sp³-hybridized carbons (Fsp3) is 0.909. The molecular formula is C11H22O2. The van der Waals surface area contributed by atoms with Crippen molar-refractivity contribution in [3.63, 3.8) is 0 Å². The molecule has 2 nitrogen and oxygen atoms in total. The lowest BCUT2D eigenvalue weighted by atomic mass is 9.63. The maximum absolute atomic E-state index is 11.2. The Morgan fingerprint density at radius 2 is 1.69 bits per heavy atom. The maximum atomic E-state index is 11.2. The molecule has 0 aromatic heterocycles. The first-order chi connectivity index (χ1) is 5.81. The van der Waals surface area contributed by atoms with Gasteiger partial charge in [0.05, 0.1) is 5.41 Å². The van der Waals surface area contributed by atoms with Crippen molar-refractivity contribution in [2.75, 3.05) is 0 Å². The number of aliphatic carboxylic acids is 1. The van der Waals surface area contributed by atoms with Gasteiger partial charge in [-0.3, -0.25) is 4.79 Å². The molecule has 0 bridgehead atoms. The lowest BCUT2D eigenvalue weighted by Gasteiger charge is -2.40. The van der Waals surface area contributed by atoms with Gasteiger partial charge in [-0.15, -0.1) is 0 Å². The molecule has 0 rings (SSSR count). The van der Waals surface area contributed by atoms with Gasteiger partial charge in [-0.2, -0.15) is 0 Å². The van der Waals surface area contributed by atoms with Gasteiger partial charge in [0.25, 0.3) is 0 Å². The molecule has 0 aromatic carbocycles. The Bertz CT molecular complexity index is 185. The molecule has 0 aliphatic carbocycles. The van der Waals surface area contributed by atoms with Crippen LogP contribution in [0.15, 0.2) is 0 Å². The SMILES string of the molecule is CCCC(C)(C(=O)O)C(C)(C)CC. The fourth-order valence-corrected chi connectivity index (χ4v) is 1.62. The summed E-state index contributed by atoms with van der Waals surface area (Å²) in [4.78, 5) is 11.2. The highest BCUT2D eigenvalue weighted by atomic mass is 16.4. The molecule has 78 valence electrons. The number of carboxylic acid groups (broad SMARTS) is 1. The van der Waals surface area contributed by atoms with Crippen LogP contribution < -0.4 is 0 Å². The highest BCUT2D eigenvalue weighted by molar-refractivity contribution is 5.75. The van der Waals surface area contributed by atoms with Crippen molar-refractivity contribution in [1.82, 2.24) is 0 Å². The Balaban J connectivity index is 4.88. The second-order valence-corrected chi connectivity index (χ2v) is 4.62. The first-order valence-corrected chi connectivity index (χ1v) is 5.05. The lowest BCUT2D eigenvalue weighted by Crippen LogP contribution is -2.41. The summed E-state index contributed by atoms with van der Waals surface area (Å²) in [5, 5.41) is 9.23. The number of hydrogen-bond donors (Lipinski definition) is 1. The van der Waals surface area contributed by atoms with Crippen LogP contribution in [0.25, 0.3) is 0 Å². The molecule has 0 radical (unpaired) electrons. The van der Waals surface area contributed by atoms with E-state index < -0.39 is 11.4 Å². The van der Waals surface area contributed by atoms with E-state index >= 15 is 0 Å². The summed E-state index contributed by atoms with van der Waals surface area (Å²) < 4.78 is 0. The monoisotopic (exact) mass is 186 g/mol. The molecule has 0 fully saturated rings. The van der Waals surface area contributed by atoms with E-state index in [2.05, 4.69) is 6.92 Å². The lowest BCUT2D eigenvalue weighted by molar-refractivity contribution is -0.156. The van der Waals surface area contributed by atoms with Gasteiger partial charge in [-0.1, -0.05) is 34.1 Å². The summed E-state index contributed by atoms with van der Waals surface area (Å²) in [6, 6.07) is 0. The summed E-state index contributed by atoms with van der Waals surface area (Å²) in [5.74, 6) is -0.666. The van der Waals surface area contributed by atoms with Crippen molar-refractivity contribution in [2.45, 2.75) is 53.9 Å². The van der Waals surface area contributed by atoms with Gasteiger partial charge in [0, 0.05) is 0 Å². The number of rotatable bonds is 5. The second kappa shape index (κ2) is 4.12. The minimum Gasteiger partial charge on any atom is -0.481 e. The minimum absolute atomic E-state index is 0.130. The van der Waals surface area contributed by atoms with Gasteiger partial charge in [0.2, 0.25) is 0 Å². The first kappa shape index (κ1) is 12.5. The molecule has 0 spiro atoms. The van der Waals surface area contributed by atoms with Crippen LogP contribution in [0.4, 0.5) is 0 Å². The van der Waals surface area contributed by atoms with Crippen molar-refractivity contribution >= 4 is 5.97 Å². The number of carboxylic acids is 1. The van der Waals surface area contributed by atoms with Gasteiger partial charge in [0.1, 0.15) is 0 Å². The molecule has 0 saturated carbocycles. The van der Waals surface area contributed by atoms with Crippen molar-refractivity contribution in [3.8, 4) is 0 Å². The third kappa shape index (κ3) is 2.23.